The maximum Gasteiger partial charge on any atom is 0.410 e. The Bertz CT molecular complexity index is 529. The van der Waals surface area contributed by atoms with E-state index >= 15 is 0 Å². The standard InChI is InChI=1S/C19H30N2O2/c1-14-7-6-8-15(2)17(14)12-20-11-16-9-10-21(13-16)18(22)23-19(3,4)5/h6-8,16,20H,9-13H2,1-5H3. The molecule has 23 heavy (non-hydrogen) atoms. The van der Waals surface area contributed by atoms with E-state index in [0.717, 1.165) is 32.6 Å². The molecule has 1 heterocycles. The number of ether oxygens (including phenoxy) is 1. The topological polar surface area (TPSA) is 41.6 Å². The number of carbonyl (C=O) groups is 1. The van der Waals surface area contributed by atoms with Crippen LogP contribution in [-0.2, 0) is 11.3 Å². The number of nitrogens with zero attached hydrogens (tertiary/aromatic N) is 1. The number of hydrogen-bond acceptors (Lipinski definition) is 3. The van der Waals surface area contributed by atoms with Crippen molar-refractivity contribution >= 4 is 6.09 Å². The molecule has 1 saturated heterocycles. The largest absolute Gasteiger partial charge is 0.444 e. The summed E-state index contributed by atoms with van der Waals surface area (Å²) in [4.78, 5) is 13.9. The van der Waals surface area contributed by atoms with Crippen molar-refractivity contribution in [2.24, 2.45) is 5.92 Å². The molecule has 0 radical (unpaired) electrons. The normalized spacial score (nSPS) is 18.3. The number of carbonyl (C=O) groups excluding carboxylic acids is 1. The molecule has 0 saturated carbocycles. The highest BCUT2D eigenvalue weighted by Gasteiger charge is 2.29. The van der Waals surface area contributed by atoms with Crippen LogP contribution in [0.25, 0.3) is 0 Å². The van der Waals surface area contributed by atoms with Crippen LogP contribution < -0.4 is 5.32 Å². The smallest absolute Gasteiger partial charge is 0.410 e. The summed E-state index contributed by atoms with van der Waals surface area (Å²) >= 11 is 0. The van der Waals surface area contributed by atoms with E-state index in [1.165, 1.54) is 16.7 Å². The van der Waals surface area contributed by atoms with Crippen LogP contribution in [0.15, 0.2) is 18.2 Å². The van der Waals surface area contributed by atoms with Gasteiger partial charge in [-0.3, -0.25) is 0 Å². The van der Waals surface area contributed by atoms with Gasteiger partial charge in [-0.25, -0.2) is 4.79 Å². The monoisotopic (exact) mass is 318 g/mol. The first-order valence-corrected chi connectivity index (χ1v) is 8.50. The van der Waals surface area contributed by atoms with Crippen molar-refractivity contribution in [2.75, 3.05) is 19.6 Å². The molecule has 1 aliphatic rings. The molecule has 1 aromatic carbocycles. The number of rotatable bonds is 4. The molecule has 4 heteroatoms. The maximum atomic E-state index is 12.1. The van der Waals surface area contributed by atoms with Gasteiger partial charge in [0, 0.05) is 26.2 Å². The van der Waals surface area contributed by atoms with E-state index in [4.69, 9.17) is 4.74 Å². The Hall–Kier alpha value is -1.55. The zero-order valence-corrected chi connectivity index (χ0v) is 15.1. The lowest BCUT2D eigenvalue weighted by molar-refractivity contribution is 0.0288. The van der Waals surface area contributed by atoms with Gasteiger partial charge in [0.15, 0.2) is 0 Å². The first kappa shape index (κ1) is 17.8. The molecule has 1 aromatic rings. The summed E-state index contributed by atoms with van der Waals surface area (Å²) in [5.41, 5.74) is 3.63. The fraction of sp³-hybridized carbons (Fsp3) is 0.632. The summed E-state index contributed by atoms with van der Waals surface area (Å²) in [6.45, 7) is 13.4. The summed E-state index contributed by atoms with van der Waals surface area (Å²) in [5.74, 6) is 0.506. The van der Waals surface area contributed by atoms with Crippen molar-refractivity contribution in [3.63, 3.8) is 0 Å². The van der Waals surface area contributed by atoms with Crippen LogP contribution in [-0.4, -0.2) is 36.2 Å². The third-order valence-electron chi connectivity index (χ3n) is 4.32. The SMILES string of the molecule is Cc1cccc(C)c1CNCC1CCN(C(=O)OC(C)(C)C)C1. The highest BCUT2D eigenvalue weighted by atomic mass is 16.6. The lowest BCUT2D eigenvalue weighted by Crippen LogP contribution is -2.36. The molecule has 1 aliphatic heterocycles. The minimum atomic E-state index is -0.421. The van der Waals surface area contributed by atoms with Gasteiger partial charge >= 0.3 is 6.09 Å². The Labute approximate surface area is 140 Å². The van der Waals surface area contributed by atoms with Crippen LogP contribution >= 0.6 is 0 Å². The zero-order valence-electron chi connectivity index (χ0n) is 15.1. The van der Waals surface area contributed by atoms with Gasteiger partial charge in [-0.1, -0.05) is 18.2 Å². The number of nitrogens with one attached hydrogen (secondary N) is 1. The minimum Gasteiger partial charge on any atom is -0.444 e. The van der Waals surface area contributed by atoms with Gasteiger partial charge < -0.3 is 15.0 Å². The molecule has 1 unspecified atom stereocenters. The highest BCUT2D eigenvalue weighted by Crippen LogP contribution is 2.19. The molecule has 128 valence electrons. The second kappa shape index (κ2) is 7.35. The molecule has 2 rings (SSSR count). The van der Waals surface area contributed by atoms with E-state index in [-0.39, 0.29) is 6.09 Å². The fourth-order valence-corrected chi connectivity index (χ4v) is 3.02. The number of aryl methyl sites for hydroxylation is 2. The summed E-state index contributed by atoms with van der Waals surface area (Å²) in [5, 5.41) is 3.55. The average Bonchev–Trinajstić information content (AvgIpc) is 2.89. The van der Waals surface area contributed by atoms with Crippen molar-refractivity contribution in [3.8, 4) is 0 Å². The van der Waals surface area contributed by atoms with Gasteiger partial charge in [-0.15, -0.1) is 0 Å². The third kappa shape index (κ3) is 5.24. The van der Waals surface area contributed by atoms with E-state index < -0.39 is 5.60 Å². The van der Waals surface area contributed by atoms with Crippen molar-refractivity contribution in [2.45, 2.75) is 53.2 Å². The molecular formula is C19H30N2O2. The van der Waals surface area contributed by atoms with E-state index in [1.807, 2.05) is 25.7 Å². The number of benzene rings is 1. The van der Waals surface area contributed by atoms with E-state index in [0.29, 0.717) is 5.92 Å². The minimum absolute atomic E-state index is 0.185. The van der Waals surface area contributed by atoms with Crippen molar-refractivity contribution in [3.05, 3.63) is 34.9 Å². The van der Waals surface area contributed by atoms with Crippen molar-refractivity contribution < 1.29 is 9.53 Å². The molecule has 1 amide bonds. The Morgan fingerprint density at radius 2 is 1.96 bits per heavy atom. The maximum absolute atomic E-state index is 12.1. The van der Waals surface area contributed by atoms with Crippen LogP contribution in [0.5, 0.6) is 0 Å². The first-order chi connectivity index (χ1) is 10.8. The Kier molecular flexibility index (Phi) is 5.69. The Balaban J connectivity index is 1.77. The summed E-state index contributed by atoms with van der Waals surface area (Å²) in [6.07, 6.45) is 0.855. The first-order valence-electron chi connectivity index (χ1n) is 8.50. The van der Waals surface area contributed by atoms with Gasteiger partial charge in [0.2, 0.25) is 0 Å². The van der Waals surface area contributed by atoms with E-state index in [9.17, 15) is 4.79 Å². The van der Waals surface area contributed by atoms with Gasteiger partial charge in [0.05, 0.1) is 0 Å². The average molecular weight is 318 g/mol. The third-order valence-corrected chi connectivity index (χ3v) is 4.32. The lowest BCUT2D eigenvalue weighted by Gasteiger charge is -2.24. The molecule has 4 nitrogen and oxygen atoms in total. The highest BCUT2D eigenvalue weighted by molar-refractivity contribution is 5.68. The summed E-state index contributed by atoms with van der Waals surface area (Å²) in [7, 11) is 0. The molecule has 0 aromatic heterocycles. The molecule has 0 aliphatic carbocycles. The van der Waals surface area contributed by atoms with Crippen molar-refractivity contribution in [1.29, 1.82) is 0 Å². The number of hydrogen-bond donors (Lipinski definition) is 1. The summed E-state index contributed by atoms with van der Waals surface area (Å²) in [6, 6.07) is 6.41. The summed E-state index contributed by atoms with van der Waals surface area (Å²) < 4.78 is 5.44. The molecule has 1 N–H and O–H groups in total. The van der Waals surface area contributed by atoms with Crippen LogP contribution in [0.1, 0.15) is 43.9 Å². The Morgan fingerprint density at radius 1 is 1.30 bits per heavy atom. The van der Waals surface area contributed by atoms with Gasteiger partial charge in [0.1, 0.15) is 5.60 Å². The van der Waals surface area contributed by atoms with Gasteiger partial charge in [-0.05, 0) is 63.6 Å². The van der Waals surface area contributed by atoms with Crippen LogP contribution in [0.2, 0.25) is 0 Å². The van der Waals surface area contributed by atoms with Crippen LogP contribution in [0, 0.1) is 19.8 Å². The van der Waals surface area contributed by atoms with Crippen LogP contribution in [0.4, 0.5) is 4.79 Å². The quantitative estimate of drug-likeness (QED) is 0.921. The molecule has 1 atom stereocenters. The molecular weight excluding hydrogens is 288 g/mol. The fourth-order valence-electron chi connectivity index (χ4n) is 3.02. The molecule has 1 fully saturated rings. The Morgan fingerprint density at radius 3 is 2.57 bits per heavy atom. The second-order valence-electron chi connectivity index (χ2n) is 7.58. The zero-order chi connectivity index (χ0) is 17.0. The predicted octanol–water partition coefficient (Wildman–Crippen LogP) is 3.65. The van der Waals surface area contributed by atoms with E-state index in [2.05, 4.69) is 37.4 Å². The van der Waals surface area contributed by atoms with Gasteiger partial charge in [-0.2, -0.15) is 0 Å². The molecule has 0 spiro atoms. The number of amides is 1. The van der Waals surface area contributed by atoms with Gasteiger partial charge in [0.25, 0.3) is 0 Å². The predicted molar refractivity (Wildman–Crippen MR) is 93.5 cm³/mol. The van der Waals surface area contributed by atoms with Crippen LogP contribution in [0.3, 0.4) is 0 Å². The van der Waals surface area contributed by atoms with E-state index in [1.54, 1.807) is 0 Å². The van der Waals surface area contributed by atoms with Crippen molar-refractivity contribution in [1.82, 2.24) is 10.2 Å². The second-order valence-corrected chi connectivity index (χ2v) is 7.58. The number of likely N-dealkylation sites (tertiary alicyclic amines) is 1. The lowest BCUT2D eigenvalue weighted by atomic mass is 10.0. The molecule has 0 bridgehead atoms.